The number of nitrogens with one attached hydrogen (secondary N) is 1. The van der Waals surface area contributed by atoms with Gasteiger partial charge < -0.3 is 9.72 Å². The van der Waals surface area contributed by atoms with Crippen molar-refractivity contribution >= 4 is 11.0 Å². The number of aromatic nitrogens is 2. The largest absolute Gasteiger partial charge is 0.573 e. The Labute approximate surface area is 151 Å². The summed E-state index contributed by atoms with van der Waals surface area (Å²) >= 11 is 0. The second kappa shape index (κ2) is 7.09. The zero-order valence-electron chi connectivity index (χ0n) is 14.6. The van der Waals surface area contributed by atoms with E-state index in [1.54, 1.807) is 0 Å². The van der Waals surface area contributed by atoms with Gasteiger partial charge >= 0.3 is 6.36 Å². The van der Waals surface area contributed by atoms with Crippen molar-refractivity contribution in [3.8, 4) is 5.75 Å². The zero-order chi connectivity index (χ0) is 19.8. The summed E-state index contributed by atoms with van der Waals surface area (Å²) in [7, 11) is 0. The molecule has 4 nitrogen and oxygen atoms in total. The number of aromatic amines is 1. The fourth-order valence-corrected chi connectivity index (χ4v) is 3.18. The number of rotatable bonds is 7. The van der Waals surface area contributed by atoms with E-state index in [-0.39, 0.29) is 17.5 Å². The SMILES string of the molecule is CC1CC1CCCCC(F)(F)c1nc2ccc(OC(F)(F)F)cc2[nH]c1=O. The van der Waals surface area contributed by atoms with Gasteiger partial charge in [-0.1, -0.05) is 19.8 Å². The molecule has 9 heteroatoms. The van der Waals surface area contributed by atoms with Crippen molar-refractivity contribution in [2.45, 2.75) is 51.3 Å². The number of nitrogens with zero attached hydrogens (tertiary/aromatic N) is 1. The minimum absolute atomic E-state index is 0.0365. The van der Waals surface area contributed by atoms with Crippen LogP contribution in [0.3, 0.4) is 0 Å². The Kier molecular flexibility index (Phi) is 5.14. The first-order valence-corrected chi connectivity index (χ1v) is 8.73. The van der Waals surface area contributed by atoms with Gasteiger partial charge in [0, 0.05) is 12.5 Å². The number of fused-ring (bicyclic) bond motifs is 1. The lowest BCUT2D eigenvalue weighted by molar-refractivity contribution is -0.274. The summed E-state index contributed by atoms with van der Waals surface area (Å²) in [5.74, 6) is -2.69. The molecular weight excluding hydrogens is 371 g/mol. The Balaban J connectivity index is 1.74. The van der Waals surface area contributed by atoms with Gasteiger partial charge in [-0.05, 0) is 36.8 Å². The minimum Gasteiger partial charge on any atom is -0.406 e. The third-order valence-electron chi connectivity index (χ3n) is 4.84. The van der Waals surface area contributed by atoms with E-state index in [2.05, 4.69) is 21.6 Å². The fourth-order valence-electron chi connectivity index (χ4n) is 3.18. The van der Waals surface area contributed by atoms with Crippen LogP contribution in [0.15, 0.2) is 23.0 Å². The topological polar surface area (TPSA) is 55.0 Å². The van der Waals surface area contributed by atoms with Crippen LogP contribution in [0.1, 0.15) is 44.7 Å². The summed E-state index contributed by atoms with van der Waals surface area (Å²) < 4.78 is 69.3. The molecule has 27 heavy (non-hydrogen) atoms. The number of ether oxygens (including phenoxy) is 1. The molecular formula is C18H19F5N2O2. The van der Waals surface area contributed by atoms with E-state index < -0.39 is 35.7 Å². The number of unbranched alkanes of at least 4 members (excludes halogenated alkanes) is 1. The molecule has 1 N–H and O–H groups in total. The fraction of sp³-hybridized carbons (Fsp3) is 0.556. The Morgan fingerprint density at radius 2 is 1.93 bits per heavy atom. The molecule has 0 bridgehead atoms. The third kappa shape index (κ3) is 4.95. The number of H-pyrrole nitrogens is 1. The Morgan fingerprint density at radius 3 is 2.56 bits per heavy atom. The van der Waals surface area contributed by atoms with Crippen LogP contribution in [0.2, 0.25) is 0 Å². The first kappa shape index (κ1) is 19.6. The molecule has 1 saturated carbocycles. The van der Waals surface area contributed by atoms with Crippen molar-refractivity contribution < 1.29 is 26.7 Å². The molecule has 0 aliphatic heterocycles. The van der Waals surface area contributed by atoms with Crippen molar-refractivity contribution in [3.05, 3.63) is 34.2 Å². The lowest BCUT2D eigenvalue weighted by Gasteiger charge is -2.15. The molecule has 1 heterocycles. The molecule has 1 aromatic heterocycles. The van der Waals surface area contributed by atoms with Crippen molar-refractivity contribution in [3.63, 3.8) is 0 Å². The summed E-state index contributed by atoms with van der Waals surface area (Å²) in [5, 5.41) is 0. The van der Waals surface area contributed by atoms with Gasteiger partial charge in [-0.15, -0.1) is 13.2 Å². The van der Waals surface area contributed by atoms with E-state index in [9.17, 15) is 26.7 Å². The average Bonchev–Trinajstić information content (AvgIpc) is 3.24. The van der Waals surface area contributed by atoms with Gasteiger partial charge in [0.2, 0.25) is 0 Å². The van der Waals surface area contributed by atoms with Crippen LogP contribution in [0.4, 0.5) is 22.0 Å². The van der Waals surface area contributed by atoms with Crippen molar-refractivity contribution in [1.82, 2.24) is 9.97 Å². The molecule has 1 aromatic carbocycles. The Hall–Kier alpha value is -2.19. The van der Waals surface area contributed by atoms with Gasteiger partial charge in [0.05, 0.1) is 11.0 Å². The molecule has 0 saturated heterocycles. The first-order valence-electron chi connectivity index (χ1n) is 8.73. The average molecular weight is 390 g/mol. The molecule has 0 radical (unpaired) electrons. The highest BCUT2D eigenvalue weighted by Gasteiger charge is 2.37. The lowest BCUT2D eigenvalue weighted by atomic mass is 10.0. The van der Waals surface area contributed by atoms with Crippen LogP contribution in [0.5, 0.6) is 5.75 Å². The number of benzene rings is 1. The van der Waals surface area contributed by atoms with E-state index >= 15 is 0 Å². The maximum absolute atomic E-state index is 14.4. The summed E-state index contributed by atoms with van der Waals surface area (Å²) in [6.45, 7) is 2.13. The van der Waals surface area contributed by atoms with Crippen molar-refractivity contribution in [2.24, 2.45) is 11.8 Å². The molecule has 2 unspecified atom stereocenters. The molecule has 3 rings (SSSR count). The van der Waals surface area contributed by atoms with E-state index in [0.29, 0.717) is 18.3 Å². The summed E-state index contributed by atoms with van der Waals surface area (Å²) in [6, 6.07) is 2.95. The predicted molar refractivity (Wildman–Crippen MR) is 88.7 cm³/mol. The molecule has 1 fully saturated rings. The van der Waals surface area contributed by atoms with Crippen LogP contribution >= 0.6 is 0 Å². The predicted octanol–water partition coefficient (Wildman–Crippen LogP) is 5.13. The normalized spacial score (nSPS) is 20.1. The van der Waals surface area contributed by atoms with Crippen LogP contribution < -0.4 is 10.3 Å². The van der Waals surface area contributed by atoms with E-state index in [1.807, 2.05) is 0 Å². The lowest BCUT2D eigenvalue weighted by Crippen LogP contribution is -2.27. The van der Waals surface area contributed by atoms with Gasteiger partial charge in [-0.2, -0.15) is 8.78 Å². The smallest absolute Gasteiger partial charge is 0.406 e. The highest BCUT2D eigenvalue weighted by atomic mass is 19.4. The van der Waals surface area contributed by atoms with Crippen molar-refractivity contribution in [2.75, 3.05) is 0 Å². The van der Waals surface area contributed by atoms with E-state index in [1.165, 1.54) is 0 Å². The monoisotopic (exact) mass is 390 g/mol. The molecule has 148 valence electrons. The molecule has 0 amide bonds. The molecule has 1 aliphatic carbocycles. The molecule has 2 atom stereocenters. The minimum atomic E-state index is -4.90. The first-order chi connectivity index (χ1) is 12.5. The van der Waals surface area contributed by atoms with Crippen LogP contribution in [0.25, 0.3) is 11.0 Å². The number of hydrogen-bond acceptors (Lipinski definition) is 3. The second-order valence-corrected chi connectivity index (χ2v) is 7.06. The second-order valence-electron chi connectivity index (χ2n) is 7.06. The van der Waals surface area contributed by atoms with Gasteiger partial charge in [-0.25, -0.2) is 4.98 Å². The highest BCUT2D eigenvalue weighted by Crippen LogP contribution is 2.42. The Bertz CT molecular complexity index is 878. The number of halogens is 5. The van der Waals surface area contributed by atoms with Crippen LogP contribution in [0, 0.1) is 11.8 Å². The standard InChI is InChI=1S/C18H19F5N2O2/c1-10-8-11(10)4-2-3-7-17(19,20)15-16(26)25-14-9-12(27-18(21,22)23)5-6-13(14)24-15/h5-6,9-11H,2-4,7-8H2,1H3,(H,25,26). The van der Waals surface area contributed by atoms with Crippen molar-refractivity contribution in [1.29, 1.82) is 0 Å². The maximum Gasteiger partial charge on any atom is 0.573 e. The maximum atomic E-state index is 14.4. The molecule has 2 aromatic rings. The van der Waals surface area contributed by atoms with Gasteiger partial charge in [0.1, 0.15) is 5.75 Å². The molecule has 1 aliphatic rings. The third-order valence-corrected chi connectivity index (χ3v) is 4.84. The number of alkyl halides is 5. The van der Waals surface area contributed by atoms with Crippen LogP contribution in [-0.4, -0.2) is 16.3 Å². The van der Waals surface area contributed by atoms with Gasteiger partial charge in [0.25, 0.3) is 11.5 Å². The summed E-state index contributed by atoms with van der Waals surface area (Å²) in [6.07, 6.45) is -2.41. The zero-order valence-corrected chi connectivity index (χ0v) is 14.6. The van der Waals surface area contributed by atoms with Gasteiger partial charge in [-0.3, -0.25) is 4.79 Å². The van der Waals surface area contributed by atoms with E-state index in [4.69, 9.17) is 0 Å². The Morgan fingerprint density at radius 1 is 1.22 bits per heavy atom. The highest BCUT2D eigenvalue weighted by molar-refractivity contribution is 5.75. The molecule has 0 spiro atoms. The quantitative estimate of drug-likeness (QED) is 0.527. The summed E-state index contributed by atoms with van der Waals surface area (Å²) in [5.41, 5.74) is -2.18. The summed E-state index contributed by atoms with van der Waals surface area (Å²) in [4.78, 5) is 17.9. The van der Waals surface area contributed by atoms with E-state index in [0.717, 1.165) is 31.0 Å². The van der Waals surface area contributed by atoms with Crippen LogP contribution in [-0.2, 0) is 5.92 Å². The van der Waals surface area contributed by atoms with Gasteiger partial charge in [0.15, 0.2) is 5.69 Å². The number of hydrogen-bond donors (Lipinski definition) is 1.